The van der Waals surface area contributed by atoms with Gasteiger partial charge in [-0.05, 0) is 29.8 Å². The number of rotatable bonds is 6. The quantitative estimate of drug-likeness (QED) is 0.792. The summed E-state index contributed by atoms with van der Waals surface area (Å²) in [5.74, 6) is -2.21. The number of halogens is 1. The third-order valence-corrected chi connectivity index (χ3v) is 4.24. The number of likely N-dealkylation sites (tertiary alicyclic amines) is 1. The van der Waals surface area contributed by atoms with Crippen molar-refractivity contribution in [2.75, 3.05) is 18.5 Å². The van der Waals surface area contributed by atoms with Crippen LogP contribution in [-0.2, 0) is 25.7 Å². The summed E-state index contributed by atoms with van der Waals surface area (Å²) in [4.78, 5) is 37.7. The Morgan fingerprint density at radius 2 is 1.81 bits per heavy atom. The van der Waals surface area contributed by atoms with Crippen molar-refractivity contribution in [3.63, 3.8) is 0 Å². The molecule has 140 valence electrons. The predicted octanol–water partition coefficient (Wildman–Crippen LogP) is 2.36. The van der Waals surface area contributed by atoms with E-state index < -0.39 is 30.2 Å². The normalized spacial score (nSPS) is 16.3. The summed E-state index contributed by atoms with van der Waals surface area (Å²) < 4.78 is 17.9. The highest BCUT2D eigenvalue weighted by Gasteiger charge is 2.35. The lowest BCUT2D eigenvalue weighted by Gasteiger charge is -2.16. The SMILES string of the molecule is O=C(COC(=O)[C@@H]1CC(=O)N(Cc2ccccc2)C1)Nc1ccc(F)cc1. The fourth-order valence-corrected chi connectivity index (χ4v) is 2.87. The van der Waals surface area contributed by atoms with Gasteiger partial charge < -0.3 is 15.0 Å². The number of nitrogens with one attached hydrogen (secondary N) is 1. The lowest BCUT2D eigenvalue weighted by Crippen LogP contribution is -2.28. The Balaban J connectivity index is 1.46. The number of nitrogens with zero attached hydrogens (tertiary/aromatic N) is 1. The van der Waals surface area contributed by atoms with Gasteiger partial charge in [0.05, 0.1) is 5.92 Å². The first kappa shape index (κ1) is 18.6. The fraction of sp³-hybridized carbons (Fsp3) is 0.250. The number of anilines is 1. The summed E-state index contributed by atoms with van der Waals surface area (Å²) in [5.41, 5.74) is 1.39. The van der Waals surface area contributed by atoms with Crippen molar-refractivity contribution in [2.45, 2.75) is 13.0 Å². The molecule has 0 unspecified atom stereocenters. The van der Waals surface area contributed by atoms with E-state index in [1.807, 2.05) is 30.3 Å². The standard InChI is InChI=1S/C20H19FN2O4/c21-16-6-8-17(9-7-16)22-18(24)13-27-20(26)15-10-19(25)23(12-15)11-14-4-2-1-3-5-14/h1-9,15H,10-13H2,(H,22,24)/t15-/m1/s1. The van der Waals surface area contributed by atoms with Crippen LogP contribution in [0.25, 0.3) is 0 Å². The molecule has 2 aromatic rings. The van der Waals surface area contributed by atoms with E-state index in [0.717, 1.165) is 5.56 Å². The highest BCUT2D eigenvalue weighted by atomic mass is 19.1. The van der Waals surface area contributed by atoms with Crippen LogP contribution in [0.15, 0.2) is 54.6 Å². The molecule has 1 atom stereocenters. The minimum Gasteiger partial charge on any atom is -0.455 e. The van der Waals surface area contributed by atoms with Gasteiger partial charge in [0.15, 0.2) is 6.61 Å². The maximum absolute atomic E-state index is 12.8. The molecule has 27 heavy (non-hydrogen) atoms. The van der Waals surface area contributed by atoms with Gasteiger partial charge in [0, 0.05) is 25.2 Å². The molecule has 0 aliphatic carbocycles. The minimum atomic E-state index is -0.583. The molecule has 0 spiro atoms. The van der Waals surface area contributed by atoms with Crippen LogP contribution in [0.4, 0.5) is 10.1 Å². The highest BCUT2D eigenvalue weighted by Crippen LogP contribution is 2.21. The minimum absolute atomic E-state index is 0.0747. The molecule has 0 radical (unpaired) electrons. The second-order valence-electron chi connectivity index (χ2n) is 6.32. The first-order valence-corrected chi connectivity index (χ1v) is 8.55. The molecule has 0 bridgehead atoms. The number of amides is 2. The van der Waals surface area contributed by atoms with Crippen molar-refractivity contribution < 1.29 is 23.5 Å². The number of carbonyl (C=O) groups excluding carboxylic acids is 3. The van der Waals surface area contributed by atoms with Gasteiger partial charge in [0.1, 0.15) is 5.82 Å². The topological polar surface area (TPSA) is 75.7 Å². The Morgan fingerprint density at radius 1 is 1.11 bits per heavy atom. The molecule has 6 nitrogen and oxygen atoms in total. The zero-order chi connectivity index (χ0) is 19.2. The molecule has 7 heteroatoms. The van der Waals surface area contributed by atoms with Crippen molar-refractivity contribution in [2.24, 2.45) is 5.92 Å². The number of hydrogen-bond acceptors (Lipinski definition) is 4. The molecule has 1 aliphatic rings. The van der Waals surface area contributed by atoms with E-state index in [9.17, 15) is 18.8 Å². The van der Waals surface area contributed by atoms with E-state index in [-0.39, 0.29) is 18.9 Å². The third-order valence-electron chi connectivity index (χ3n) is 4.24. The first-order valence-electron chi connectivity index (χ1n) is 8.55. The Kier molecular flexibility index (Phi) is 5.80. The Hall–Kier alpha value is -3.22. The molecule has 2 aromatic carbocycles. The van der Waals surface area contributed by atoms with Crippen molar-refractivity contribution in [1.29, 1.82) is 0 Å². The van der Waals surface area contributed by atoms with Crippen molar-refractivity contribution >= 4 is 23.5 Å². The molecule has 1 N–H and O–H groups in total. The van der Waals surface area contributed by atoms with Gasteiger partial charge >= 0.3 is 5.97 Å². The van der Waals surface area contributed by atoms with Crippen LogP contribution >= 0.6 is 0 Å². The van der Waals surface area contributed by atoms with Gasteiger partial charge in [0.25, 0.3) is 5.91 Å². The van der Waals surface area contributed by atoms with E-state index in [1.54, 1.807) is 4.90 Å². The molecule has 1 heterocycles. The van der Waals surface area contributed by atoms with Gasteiger partial charge in [-0.2, -0.15) is 0 Å². The highest BCUT2D eigenvalue weighted by molar-refractivity contribution is 5.93. The zero-order valence-electron chi connectivity index (χ0n) is 14.6. The molecule has 3 rings (SSSR count). The fourth-order valence-electron chi connectivity index (χ4n) is 2.87. The van der Waals surface area contributed by atoms with Crippen LogP contribution in [0.2, 0.25) is 0 Å². The monoisotopic (exact) mass is 370 g/mol. The van der Waals surface area contributed by atoms with Crippen molar-refractivity contribution in [3.05, 3.63) is 66.0 Å². The molecule has 1 saturated heterocycles. The maximum Gasteiger partial charge on any atom is 0.311 e. The largest absolute Gasteiger partial charge is 0.455 e. The van der Waals surface area contributed by atoms with Crippen LogP contribution in [0, 0.1) is 11.7 Å². The number of benzene rings is 2. The number of esters is 1. The van der Waals surface area contributed by atoms with Crippen molar-refractivity contribution in [1.82, 2.24) is 4.90 Å². The predicted molar refractivity (Wildman–Crippen MR) is 96.0 cm³/mol. The summed E-state index contributed by atoms with van der Waals surface area (Å²) >= 11 is 0. The summed E-state index contributed by atoms with van der Waals surface area (Å²) in [6.45, 7) is 0.250. The van der Waals surface area contributed by atoms with Gasteiger partial charge in [0.2, 0.25) is 5.91 Å². The van der Waals surface area contributed by atoms with Crippen LogP contribution in [0.1, 0.15) is 12.0 Å². The third kappa shape index (κ3) is 5.13. The summed E-state index contributed by atoms with van der Waals surface area (Å²) in [6.07, 6.45) is 0.0747. The van der Waals surface area contributed by atoms with Crippen LogP contribution in [0.5, 0.6) is 0 Å². The Morgan fingerprint density at radius 3 is 2.52 bits per heavy atom. The average Bonchev–Trinajstić information content (AvgIpc) is 3.03. The molecule has 1 fully saturated rings. The number of ether oxygens (including phenoxy) is 1. The van der Waals surface area contributed by atoms with E-state index >= 15 is 0 Å². The summed E-state index contributed by atoms with van der Waals surface area (Å²) in [7, 11) is 0. The van der Waals surface area contributed by atoms with Crippen LogP contribution in [-0.4, -0.2) is 35.8 Å². The van der Waals surface area contributed by atoms with Gasteiger partial charge in [-0.25, -0.2) is 4.39 Å². The molecule has 2 amide bonds. The van der Waals surface area contributed by atoms with Crippen molar-refractivity contribution in [3.8, 4) is 0 Å². The van der Waals surface area contributed by atoms with Gasteiger partial charge in [-0.1, -0.05) is 30.3 Å². The summed E-state index contributed by atoms with van der Waals surface area (Å²) in [6, 6.07) is 14.8. The molecular formula is C20H19FN2O4. The number of carbonyl (C=O) groups is 3. The number of hydrogen-bond donors (Lipinski definition) is 1. The van der Waals surface area contributed by atoms with Crippen LogP contribution < -0.4 is 5.32 Å². The second-order valence-corrected chi connectivity index (χ2v) is 6.32. The lowest BCUT2D eigenvalue weighted by molar-refractivity contribution is -0.151. The Labute approximate surface area is 155 Å². The molecule has 1 aliphatic heterocycles. The molecular weight excluding hydrogens is 351 g/mol. The van der Waals surface area contributed by atoms with E-state index in [4.69, 9.17) is 4.74 Å². The van der Waals surface area contributed by atoms with E-state index in [1.165, 1.54) is 24.3 Å². The second kappa shape index (κ2) is 8.44. The average molecular weight is 370 g/mol. The molecule has 0 aromatic heterocycles. The zero-order valence-corrected chi connectivity index (χ0v) is 14.6. The first-order chi connectivity index (χ1) is 13.0. The van der Waals surface area contributed by atoms with Gasteiger partial charge in [-0.15, -0.1) is 0 Å². The Bertz CT molecular complexity index is 824. The van der Waals surface area contributed by atoms with Gasteiger partial charge in [-0.3, -0.25) is 14.4 Å². The van der Waals surface area contributed by atoms with E-state index in [0.29, 0.717) is 12.2 Å². The lowest BCUT2D eigenvalue weighted by atomic mass is 10.1. The van der Waals surface area contributed by atoms with Crippen LogP contribution in [0.3, 0.4) is 0 Å². The smallest absolute Gasteiger partial charge is 0.311 e. The van der Waals surface area contributed by atoms with E-state index in [2.05, 4.69) is 5.32 Å². The molecule has 0 saturated carbocycles. The maximum atomic E-state index is 12.8. The summed E-state index contributed by atoms with van der Waals surface area (Å²) in [5, 5.41) is 2.51.